The van der Waals surface area contributed by atoms with Crippen molar-refractivity contribution in [1.29, 1.82) is 0 Å². The predicted octanol–water partition coefficient (Wildman–Crippen LogP) is 1.97. The monoisotopic (exact) mass is 245 g/mol. The first kappa shape index (κ1) is 9.98. The third-order valence-electron chi connectivity index (χ3n) is 1.64. The Morgan fingerprint density at radius 2 is 2.23 bits per heavy atom. The standard InChI is InChI=1S/C8H8BrNO3/c9-7-2-1-3-8(11)6(7)4-5-10(12)13/h1-3,11H,4-5H2. The van der Waals surface area contributed by atoms with Crippen LogP contribution in [0.1, 0.15) is 5.56 Å². The SMILES string of the molecule is O=[N+]([O-])CCc1c(O)cccc1Br. The van der Waals surface area contributed by atoms with Gasteiger partial charge in [0.2, 0.25) is 6.54 Å². The van der Waals surface area contributed by atoms with Gasteiger partial charge in [0.05, 0.1) is 0 Å². The Kier molecular flexibility index (Phi) is 3.25. The molecule has 0 radical (unpaired) electrons. The number of rotatable bonds is 3. The highest BCUT2D eigenvalue weighted by molar-refractivity contribution is 9.10. The molecular formula is C8H8BrNO3. The number of nitro groups is 1. The highest BCUT2D eigenvalue weighted by atomic mass is 79.9. The van der Waals surface area contributed by atoms with Gasteiger partial charge in [0, 0.05) is 21.4 Å². The van der Waals surface area contributed by atoms with E-state index in [9.17, 15) is 15.2 Å². The molecule has 0 spiro atoms. The van der Waals surface area contributed by atoms with Gasteiger partial charge >= 0.3 is 0 Å². The van der Waals surface area contributed by atoms with E-state index in [4.69, 9.17) is 0 Å². The molecule has 13 heavy (non-hydrogen) atoms. The van der Waals surface area contributed by atoms with E-state index in [1.807, 2.05) is 0 Å². The quantitative estimate of drug-likeness (QED) is 0.655. The fourth-order valence-corrected chi connectivity index (χ4v) is 1.55. The number of aromatic hydroxyl groups is 1. The summed E-state index contributed by atoms with van der Waals surface area (Å²) in [5, 5.41) is 19.5. The summed E-state index contributed by atoms with van der Waals surface area (Å²) in [6, 6.07) is 4.93. The lowest BCUT2D eigenvalue weighted by Crippen LogP contribution is -2.04. The van der Waals surface area contributed by atoms with Crippen LogP contribution in [0.4, 0.5) is 0 Å². The van der Waals surface area contributed by atoms with E-state index in [1.54, 1.807) is 12.1 Å². The van der Waals surface area contributed by atoms with Gasteiger partial charge in [-0.1, -0.05) is 22.0 Å². The van der Waals surface area contributed by atoms with Crippen molar-refractivity contribution >= 4 is 15.9 Å². The summed E-state index contributed by atoms with van der Waals surface area (Å²) >= 11 is 3.21. The van der Waals surface area contributed by atoms with Crippen molar-refractivity contribution in [3.05, 3.63) is 38.3 Å². The summed E-state index contributed by atoms with van der Waals surface area (Å²) in [5.41, 5.74) is 0.583. The van der Waals surface area contributed by atoms with E-state index in [0.29, 0.717) is 10.0 Å². The number of benzene rings is 1. The fraction of sp³-hybridized carbons (Fsp3) is 0.250. The maximum absolute atomic E-state index is 10.1. The second kappa shape index (κ2) is 4.23. The highest BCUT2D eigenvalue weighted by Gasteiger charge is 2.08. The number of hydrogen-bond acceptors (Lipinski definition) is 3. The number of nitrogens with zero attached hydrogens (tertiary/aromatic N) is 1. The highest BCUT2D eigenvalue weighted by Crippen LogP contribution is 2.25. The molecule has 4 nitrogen and oxygen atoms in total. The van der Waals surface area contributed by atoms with Crippen LogP contribution in [-0.4, -0.2) is 16.6 Å². The van der Waals surface area contributed by atoms with Crippen LogP contribution in [0.15, 0.2) is 22.7 Å². The molecule has 0 saturated carbocycles. The smallest absolute Gasteiger partial charge is 0.208 e. The normalized spacial score (nSPS) is 9.92. The Labute approximate surface area is 83.5 Å². The van der Waals surface area contributed by atoms with E-state index in [1.165, 1.54) is 6.07 Å². The van der Waals surface area contributed by atoms with Crippen molar-refractivity contribution in [2.24, 2.45) is 0 Å². The summed E-state index contributed by atoms with van der Waals surface area (Å²) in [6.45, 7) is -0.170. The van der Waals surface area contributed by atoms with Crippen LogP contribution < -0.4 is 0 Å². The predicted molar refractivity (Wildman–Crippen MR) is 51.4 cm³/mol. The molecule has 0 atom stereocenters. The van der Waals surface area contributed by atoms with Crippen molar-refractivity contribution in [3.63, 3.8) is 0 Å². The second-order valence-electron chi connectivity index (χ2n) is 2.54. The van der Waals surface area contributed by atoms with Crippen LogP contribution in [0, 0.1) is 10.1 Å². The van der Waals surface area contributed by atoms with E-state index in [0.717, 1.165) is 0 Å². The van der Waals surface area contributed by atoms with Crippen LogP contribution in [0.25, 0.3) is 0 Å². The molecule has 0 bridgehead atoms. The van der Waals surface area contributed by atoms with Crippen LogP contribution in [-0.2, 0) is 6.42 Å². The number of hydrogen-bond donors (Lipinski definition) is 1. The largest absolute Gasteiger partial charge is 0.508 e. The molecule has 1 aromatic rings. The fourth-order valence-electron chi connectivity index (χ4n) is 0.998. The zero-order valence-corrected chi connectivity index (χ0v) is 8.32. The lowest BCUT2D eigenvalue weighted by Gasteiger charge is -2.03. The molecular weight excluding hydrogens is 238 g/mol. The topological polar surface area (TPSA) is 63.4 Å². The molecule has 0 aliphatic rings. The van der Waals surface area contributed by atoms with Crippen molar-refractivity contribution in [2.75, 3.05) is 6.54 Å². The first-order valence-corrected chi connectivity index (χ1v) is 4.48. The van der Waals surface area contributed by atoms with Gasteiger partial charge in [-0.25, -0.2) is 0 Å². The van der Waals surface area contributed by atoms with E-state index < -0.39 is 4.92 Å². The molecule has 0 fully saturated rings. The molecule has 1 rings (SSSR count). The molecule has 70 valence electrons. The van der Waals surface area contributed by atoms with Crippen molar-refractivity contribution < 1.29 is 10.0 Å². The summed E-state index contributed by atoms with van der Waals surface area (Å²) < 4.78 is 0.703. The minimum Gasteiger partial charge on any atom is -0.508 e. The van der Waals surface area contributed by atoms with E-state index >= 15 is 0 Å². The minimum atomic E-state index is -0.404. The summed E-state index contributed by atoms with van der Waals surface area (Å²) in [4.78, 5) is 9.70. The van der Waals surface area contributed by atoms with Crippen molar-refractivity contribution in [3.8, 4) is 5.75 Å². The van der Waals surface area contributed by atoms with E-state index in [-0.39, 0.29) is 18.7 Å². The zero-order valence-electron chi connectivity index (χ0n) is 6.74. The number of halogens is 1. The maximum atomic E-state index is 10.1. The molecule has 1 aromatic carbocycles. The molecule has 0 saturated heterocycles. The zero-order chi connectivity index (χ0) is 9.84. The molecule has 5 heteroatoms. The Morgan fingerprint density at radius 1 is 1.54 bits per heavy atom. The van der Waals surface area contributed by atoms with Gasteiger partial charge in [-0.2, -0.15) is 0 Å². The Balaban J connectivity index is 2.81. The molecule has 0 heterocycles. The van der Waals surface area contributed by atoms with Gasteiger partial charge in [0.1, 0.15) is 5.75 Å². The van der Waals surface area contributed by atoms with E-state index in [2.05, 4.69) is 15.9 Å². The van der Waals surface area contributed by atoms with Gasteiger partial charge in [-0.05, 0) is 12.1 Å². The maximum Gasteiger partial charge on any atom is 0.208 e. The van der Waals surface area contributed by atoms with Gasteiger partial charge in [0.25, 0.3) is 0 Å². The van der Waals surface area contributed by atoms with Gasteiger partial charge in [0.15, 0.2) is 0 Å². The number of phenols is 1. The second-order valence-corrected chi connectivity index (χ2v) is 3.40. The Morgan fingerprint density at radius 3 is 2.77 bits per heavy atom. The van der Waals surface area contributed by atoms with Crippen molar-refractivity contribution in [1.82, 2.24) is 0 Å². The number of phenolic OH excluding ortho intramolecular Hbond substituents is 1. The van der Waals surface area contributed by atoms with Gasteiger partial charge in [-0.15, -0.1) is 0 Å². The lowest BCUT2D eigenvalue weighted by molar-refractivity contribution is -0.479. The summed E-state index contributed by atoms with van der Waals surface area (Å²) in [6.07, 6.45) is 0.236. The molecule has 0 unspecified atom stereocenters. The summed E-state index contributed by atoms with van der Waals surface area (Å²) in [5.74, 6) is 0.0937. The van der Waals surface area contributed by atoms with Crippen LogP contribution in [0.5, 0.6) is 5.75 Å². The van der Waals surface area contributed by atoms with Gasteiger partial charge < -0.3 is 5.11 Å². The molecule has 0 aliphatic carbocycles. The lowest BCUT2D eigenvalue weighted by atomic mass is 10.1. The molecule has 0 amide bonds. The van der Waals surface area contributed by atoms with Crippen LogP contribution >= 0.6 is 15.9 Å². The average molecular weight is 246 g/mol. The Hall–Kier alpha value is -1.10. The summed E-state index contributed by atoms with van der Waals surface area (Å²) in [7, 11) is 0. The van der Waals surface area contributed by atoms with Crippen LogP contribution in [0.3, 0.4) is 0 Å². The first-order valence-electron chi connectivity index (χ1n) is 3.69. The Bertz CT molecular complexity index is 307. The van der Waals surface area contributed by atoms with Crippen LogP contribution in [0.2, 0.25) is 0 Å². The molecule has 0 aromatic heterocycles. The third kappa shape index (κ3) is 2.69. The minimum absolute atomic E-state index is 0.0937. The molecule has 1 N–H and O–H groups in total. The average Bonchev–Trinajstić information content (AvgIpc) is 2.03. The van der Waals surface area contributed by atoms with Gasteiger partial charge in [-0.3, -0.25) is 10.1 Å². The third-order valence-corrected chi connectivity index (χ3v) is 2.38. The van der Waals surface area contributed by atoms with Crippen molar-refractivity contribution in [2.45, 2.75) is 6.42 Å². The first-order chi connectivity index (χ1) is 6.11. The molecule has 0 aliphatic heterocycles.